The molecular weight excluding hydrogens is 477 g/mol. The number of morpholine rings is 1. The van der Waals surface area contributed by atoms with E-state index in [0.717, 1.165) is 48.6 Å². The number of ether oxygens (including phenoxy) is 1. The number of amides is 1. The number of carbonyl (C=O) groups excluding carboxylic acids is 1. The van der Waals surface area contributed by atoms with Crippen molar-refractivity contribution in [3.8, 4) is 0 Å². The maximum Gasteiger partial charge on any atom is 0.252 e. The van der Waals surface area contributed by atoms with Crippen LogP contribution < -0.4 is 4.90 Å². The Morgan fingerprint density at radius 1 is 1.19 bits per heavy atom. The number of fused-ring (bicyclic) bond motifs is 1. The van der Waals surface area contributed by atoms with Crippen LogP contribution in [-0.2, 0) is 9.53 Å². The molecule has 0 bridgehead atoms. The third-order valence-electron chi connectivity index (χ3n) is 4.89. The molecule has 0 aliphatic carbocycles. The smallest absolute Gasteiger partial charge is 0.252 e. The van der Waals surface area contributed by atoms with E-state index in [9.17, 15) is 4.79 Å². The predicted octanol–water partition coefficient (Wildman–Crippen LogP) is 5.40. The number of benzene rings is 2. The van der Waals surface area contributed by atoms with E-state index in [1.54, 1.807) is 23.1 Å². The highest BCUT2D eigenvalue weighted by molar-refractivity contribution is 7.22. The van der Waals surface area contributed by atoms with Crippen LogP contribution in [0, 0.1) is 0 Å². The van der Waals surface area contributed by atoms with Gasteiger partial charge in [-0.3, -0.25) is 14.6 Å². The van der Waals surface area contributed by atoms with Crippen LogP contribution in [-0.4, -0.2) is 55.2 Å². The van der Waals surface area contributed by atoms with Crippen LogP contribution >= 0.6 is 46.9 Å². The number of rotatable bonds is 6. The molecule has 0 saturated carbocycles. The molecule has 1 aliphatic rings. The fourth-order valence-electron chi connectivity index (χ4n) is 3.23. The lowest BCUT2D eigenvalue weighted by molar-refractivity contribution is -0.114. The number of thiazole rings is 1. The second kappa shape index (κ2) is 11.3. The summed E-state index contributed by atoms with van der Waals surface area (Å²) >= 11 is 13.8. The van der Waals surface area contributed by atoms with Crippen LogP contribution in [0.1, 0.15) is 5.56 Å². The lowest BCUT2D eigenvalue weighted by Gasteiger charge is -2.28. The van der Waals surface area contributed by atoms with Gasteiger partial charge in [-0.25, -0.2) is 4.98 Å². The molecule has 2 aromatic carbocycles. The summed E-state index contributed by atoms with van der Waals surface area (Å²) in [6, 6.07) is 13.0. The van der Waals surface area contributed by atoms with Crippen molar-refractivity contribution in [3.63, 3.8) is 0 Å². The molecule has 31 heavy (non-hydrogen) atoms. The SMILES string of the molecule is Cl.O=C(/C=C/c1ccccc1Cl)N(CCN1CCOCC1)c1nc2ccc(Cl)cc2s1. The van der Waals surface area contributed by atoms with Crippen LogP contribution in [0.25, 0.3) is 16.3 Å². The lowest BCUT2D eigenvalue weighted by atomic mass is 10.2. The fraction of sp³-hybridized carbons (Fsp3) is 0.273. The second-order valence-electron chi connectivity index (χ2n) is 6.91. The highest BCUT2D eigenvalue weighted by Gasteiger charge is 2.20. The van der Waals surface area contributed by atoms with Gasteiger partial charge in [0.05, 0.1) is 23.4 Å². The van der Waals surface area contributed by atoms with E-state index in [1.807, 2.05) is 36.4 Å². The molecule has 1 amide bonds. The van der Waals surface area contributed by atoms with E-state index >= 15 is 0 Å². The van der Waals surface area contributed by atoms with Crippen molar-refractivity contribution in [2.24, 2.45) is 0 Å². The standard InChI is InChI=1S/C22H21Cl2N3O2S.ClH/c23-17-6-7-19-20(15-17)30-22(25-19)27(10-9-26-11-13-29-14-12-26)21(28)8-5-16-3-1-2-4-18(16)24;/h1-8,15H,9-14H2;1H/b8-5+;. The Balaban J connectivity index is 0.00000272. The fourth-order valence-corrected chi connectivity index (χ4v) is 4.70. The molecular formula is C22H22Cl3N3O2S. The number of aromatic nitrogens is 1. The molecule has 0 unspecified atom stereocenters. The quantitative estimate of drug-likeness (QED) is 0.427. The third kappa shape index (κ3) is 6.19. The van der Waals surface area contributed by atoms with Crippen LogP contribution in [0.15, 0.2) is 48.5 Å². The maximum absolute atomic E-state index is 13.1. The maximum atomic E-state index is 13.1. The average Bonchev–Trinajstić information content (AvgIpc) is 3.16. The number of hydrogen-bond donors (Lipinski definition) is 0. The van der Waals surface area contributed by atoms with Crippen LogP contribution in [0.5, 0.6) is 0 Å². The Labute approximate surface area is 201 Å². The van der Waals surface area contributed by atoms with Gasteiger partial charge >= 0.3 is 0 Å². The van der Waals surface area contributed by atoms with E-state index < -0.39 is 0 Å². The Morgan fingerprint density at radius 2 is 1.97 bits per heavy atom. The molecule has 3 aromatic rings. The topological polar surface area (TPSA) is 45.7 Å². The summed E-state index contributed by atoms with van der Waals surface area (Å²) in [5, 5.41) is 1.92. The number of anilines is 1. The Kier molecular flexibility index (Phi) is 8.72. The van der Waals surface area contributed by atoms with Gasteiger partial charge in [-0.1, -0.05) is 52.7 Å². The third-order valence-corrected chi connectivity index (χ3v) is 6.51. The molecule has 0 radical (unpaired) electrons. The van der Waals surface area contributed by atoms with Gasteiger partial charge in [0.25, 0.3) is 5.91 Å². The molecule has 5 nitrogen and oxygen atoms in total. The van der Waals surface area contributed by atoms with Crippen molar-refractivity contribution in [2.45, 2.75) is 0 Å². The van der Waals surface area contributed by atoms with Gasteiger partial charge in [-0.05, 0) is 35.9 Å². The Morgan fingerprint density at radius 3 is 2.74 bits per heavy atom. The van der Waals surface area contributed by atoms with E-state index in [4.69, 9.17) is 27.9 Å². The van der Waals surface area contributed by atoms with Gasteiger partial charge < -0.3 is 4.74 Å². The Hall–Kier alpha value is -1.67. The van der Waals surface area contributed by atoms with Crippen molar-refractivity contribution in [1.29, 1.82) is 0 Å². The first-order valence-electron chi connectivity index (χ1n) is 9.70. The number of halogens is 3. The first-order valence-corrected chi connectivity index (χ1v) is 11.3. The van der Waals surface area contributed by atoms with Gasteiger partial charge in [-0.15, -0.1) is 12.4 Å². The monoisotopic (exact) mass is 497 g/mol. The highest BCUT2D eigenvalue weighted by atomic mass is 35.5. The van der Waals surface area contributed by atoms with Crippen LogP contribution in [0.4, 0.5) is 5.13 Å². The van der Waals surface area contributed by atoms with Gasteiger partial charge in [0.2, 0.25) is 0 Å². The van der Waals surface area contributed by atoms with Crippen LogP contribution in [0.3, 0.4) is 0 Å². The van der Waals surface area contributed by atoms with Crippen molar-refractivity contribution in [1.82, 2.24) is 9.88 Å². The molecule has 1 saturated heterocycles. The molecule has 1 aromatic heterocycles. The number of nitrogens with zero attached hydrogens (tertiary/aromatic N) is 3. The van der Waals surface area contributed by atoms with Crippen molar-refractivity contribution in [3.05, 3.63) is 64.1 Å². The average molecular weight is 499 g/mol. The summed E-state index contributed by atoms with van der Waals surface area (Å²) in [5.41, 5.74) is 1.63. The summed E-state index contributed by atoms with van der Waals surface area (Å²) in [7, 11) is 0. The van der Waals surface area contributed by atoms with E-state index in [0.29, 0.717) is 21.7 Å². The highest BCUT2D eigenvalue weighted by Crippen LogP contribution is 2.31. The van der Waals surface area contributed by atoms with E-state index in [-0.39, 0.29) is 18.3 Å². The predicted molar refractivity (Wildman–Crippen MR) is 132 cm³/mol. The molecule has 9 heteroatoms. The molecule has 164 valence electrons. The van der Waals surface area contributed by atoms with Crippen molar-refractivity contribution >= 4 is 74.3 Å². The van der Waals surface area contributed by atoms with Crippen molar-refractivity contribution in [2.75, 3.05) is 44.3 Å². The summed E-state index contributed by atoms with van der Waals surface area (Å²) in [6.07, 6.45) is 3.30. The number of hydrogen-bond acceptors (Lipinski definition) is 5. The van der Waals surface area contributed by atoms with E-state index in [2.05, 4.69) is 9.88 Å². The zero-order chi connectivity index (χ0) is 20.9. The van der Waals surface area contributed by atoms with Gasteiger partial charge in [0, 0.05) is 42.3 Å². The minimum absolute atomic E-state index is 0. The molecule has 1 fully saturated rings. The zero-order valence-electron chi connectivity index (χ0n) is 16.7. The summed E-state index contributed by atoms with van der Waals surface area (Å²) in [6.45, 7) is 4.48. The minimum Gasteiger partial charge on any atom is -0.379 e. The molecule has 1 aliphatic heterocycles. The lowest BCUT2D eigenvalue weighted by Crippen LogP contribution is -2.42. The second-order valence-corrected chi connectivity index (χ2v) is 8.76. The van der Waals surface area contributed by atoms with Crippen molar-refractivity contribution < 1.29 is 9.53 Å². The minimum atomic E-state index is -0.131. The summed E-state index contributed by atoms with van der Waals surface area (Å²) in [5.74, 6) is -0.131. The number of carbonyl (C=O) groups is 1. The van der Waals surface area contributed by atoms with Crippen LogP contribution in [0.2, 0.25) is 10.0 Å². The zero-order valence-corrected chi connectivity index (χ0v) is 19.8. The van der Waals surface area contributed by atoms with Gasteiger partial charge in [0.1, 0.15) is 0 Å². The molecule has 4 rings (SSSR count). The van der Waals surface area contributed by atoms with Gasteiger partial charge in [0.15, 0.2) is 5.13 Å². The first kappa shape index (κ1) is 24.0. The normalized spacial score (nSPS) is 14.6. The summed E-state index contributed by atoms with van der Waals surface area (Å²) < 4.78 is 6.38. The molecule has 0 spiro atoms. The molecule has 0 atom stereocenters. The molecule has 2 heterocycles. The summed E-state index contributed by atoms with van der Waals surface area (Å²) in [4.78, 5) is 21.8. The van der Waals surface area contributed by atoms with Gasteiger partial charge in [-0.2, -0.15) is 0 Å². The first-order chi connectivity index (χ1) is 14.6. The largest absolute Gasteiger partial charge is 0.379 e. The van der Waals surface area contributed by atoms with E-state index in [1.165, 1.54) is 11.3 Å². The Bertz CT molecular complexity index is 1070. The molecule has 0 N–H and O–H groups in total.